The van der Waals surface area contributed by atoms with E-state index in [-0.39, 0.29) is 16.7 Å². The Morgan fingerprint density at radius 1 is 1.16 bits per heavy atom. The molecule has 3 aliphatic rings. The van der Waals surface area contributed by atoms with Crippen molar-refractivity contribution in [1.29, 1.82) is 5.26 Å². The molecular formula is C25H30N8O3S2. The van der Waals surface area contributed by atoms with E-state index in [2.05, 4.69) is 30.9 Å². The van der Waals surface area contributed by atoms with Gasteiger partial charge in [0.1, 0.15) is 15.3 Å². The average molecular weight is 555 g/mol. The van der Waals surface area contributed by atoms with Crippen LogP contribution in [0, 0.1) is 17.2 Å². The predicted octanol–water partition coefficient (Wildman–Crippen LogP) is 2.54. The molecule has 38 heavy (non-hydrogen) atoms. The van der Waals surface area contributed by atoms with E-state index in [0.29, 0.717) is 42.0 Å². The average Bonchev–Trinajstić information content (AvgIpc) is 3.72. The van der Waals surface area contributed by atoms with E-state index >= 15 is 0 Å². The molecule has 1 saturated heterocycles. The first kappa shape index (κ1) is 25.2. The molecule has 0 bridgehead atoms. The zero-order valence-corrected chi connectivity index (χ0v) is 23.3. The Morgan fingerprint density at radius 3 is 2.47 bits per heavy atom. The van der Waals surface area contributed by atoms with E-state index < -0.39 is 21.0 Å². The summed E-state index contributed by atoms with van der Waals surface area (Å²) in [6.45, 7) is 7.99. The van der Waals surface area contributed by atoms with Gasteiger partial charge in [-0.1, -0.05) is 25.2 Å². The number of nitrogens with one attached hydrogen (secondary N) is 1. The van der Waals surface area contributed by atoms with Crippen molar-refractivity contribution >= 4 is 38.5 Å². The van der Waals surface area contributed by atoms with Gasteiger partial charge in [0.2, 0.25) is 15.9 Å². The van der Waals surface area contributed by atoms with Crippen LogP contribution in [0.5, 0.6) is 0 Å². The largest absolute Gasteiger partial charge is 0.366 e. The smallest absolute Gasteiger partial charge is 0.242 e. The number of amides is 1. The number of pyridine rings is 1. The number of nitriles is 1. The lowest BCUT2D eigenvalue weighted by atomic mass is 10.1. The Morgan fingerprint density at radius 2 is 1.87 bits per heavy atom. The summed E-state index contributed by atoms with van der Waals surface area (Å²) in [5.74, 6) is 0.543. The quantitative estimate of drug-likeness (QED) is 0.471. The zero-order chi connectivity index (χ0) is 26.9. The van der Waals surface area contributed by atoms with Gasteiger partial charge < -0.3 is 9.80 Å². The molecule has 4 heterocycles. The van der Waals surface area contributed by atoms with Crippen LogP contribution in [0.15, 0.2) is 23.4 Å². The molecule has 6 rings (SSSR count). The van der Waals surface area contributed by atoms with E-state index in [1.807, 2.05) is 25.7 Å². The van der Waals surface area contributed by atoms with E-state index in [0.717, 1.165) is 36.9 Å². The van der Waals surface area contributed by atoms with Crippen LogP contribution in [0.2, 0.25) is 0 Å². The van der Waals surface area contributed by atoms with Crippen LogP contribution in [-0.2, 0) is 20.2 Å². The fourth-order valence-electron chi connectivity index (χ4n) is 4.82. The number of sulfonamides is 1. The molecule has 0 atom stereocenters. The number of imidazole rings is 1. The molecule has 11 nitrogen and oxygen atoms in total. The highest BCUT2D eigenvalue weighted by Gasteiger charge is 2.48. The van der Waals surface area contributed by atoms with E-state index in [1.54, 1.807) is 22.9 Å². The fraction of sp³-hybridized carbons (Fsp3) is 0.560. The third-order valence-corrected chi connectivity index (χ3v) is 10.4. The molecule has 3 aromatic heterocycles. The van der Waals surface area contributed by atoms with Gasteiger partial charge in [0.15, 0.2) is 10.8 Å². The minimum atomic E-state index is -3.80. The third kappa shape index (κ3) is 4.34. The van der Waals surface area contributed by atoms with Crippen molar-refractivity contribution in [1.82, 2.24) is 29.2 Å². The van der Waals surface area contributed by atoms with Crippen molar-refractivity contribution < 1.29 is 13.2 Å². The Balaban J connectivity index is 1.41. The monoisotopic (exact) mass is 554 g/mol. The number of aromatic nitrogens is 4. The third-order valence-electron chi connectivity index (χ3n) is 7.70. The predicted molar refractivity (Wildman–Crippen MR) is 142 cm³/mol. The SMILES string of the molecule is CC(C)C(=O)N1CCN(c2cc(S(=O)(=O)NC3(C)CC3)cn3c(-c4nnc(C5(C#N)CC5)s4)ncc23)CC1. The molecule has 2 aliphatic carbocycles. The lowest BCUT2D eigenvalue weighted by Crippen LogP contribution is -2.50. The van der Waals surface area contributed by atoms with Crippen molar-refractivity contribution in [3.05, 3.63) is 23.5 Å². The first-order chi connectivity index (χ1) is 18.0. The van der Waals surface area contributed by atoms with Crippen LogP contribution in [0.3, 0.4) is 0 Å². The van der Waals surface area contributed by atoms with Crippen LogP contribution in [-0.4, -0.2) is 70.5 Å². The number of rotatable bonds is 7. The van der Waals surface area contributed by atoms with Crippen molar-refractivity contribution in [3.63, 3.8) is 0 Å². The lowest BCUT2D eigenvalue weighted by molar-refractivity contribution is -0.134. The lowest BCUT2D eigenvalue weighted by Gasteiger charge is -2.37. The van der Waals surface area contributed by atoms with Gasteiger partial charge in [-0.15, -0.1) is 10.2 Å². The van der Waals surface area contributed by atoms with Crippen molar-refractivity contribution in [2.75, 3.05) is 31.1 Å². The van der Waals surface area contributed by atoms with Crippen LogP contribution >= 0.6 is 11.3 Å². The molecule has 1 N–H and O–H groups in total. The summed E-state index contributed by atoms with van der Waals surface area (Å²) < 4.78 is 31.5. The first-order valence-corrected chi connectivity index (χ1v) is 15.2. The molecule has 1 amide bonds. The summed E-state index contributed by atoms with van der Waals surface area (Å²) in [5.41, 5.74) is 0.515. The minimum absolute atomic E-state index is 0.0680. The summed E-state index contributed by atoms with van der Waals surface area (Å²) in [5, 5.41) is 19.4. The number of anilines is 1. The fourth-order valence-corrected chi connectivity index (χ4v) is 7.34. The van der Waals surface area contributed by atoms with Gasteiger partial charge in [0.25, 0.3) is 0 Å². The maximum absolute atomic E-state index is 13.5. The van der Waals surface area contributed by atoms with E-state index in [9.17, 15) is 18.5 Å². The highest BCUT2D eigenvalue weighted by Crippen LogP contribution is 2.49. The van der Waals surface area contributed by atoms with Gasteiger partial charge in [-0.25, -0.2) is 18.1 Å². The molecule has 0 radical (unpaired) electrons. The topological polar surface area (TPSA) is 137 Å². The van der Waals surface area contributed by atoms with Gasteiger partial charge in [-0.2, -0.15) is 5.26 Å². The number of piperazine rings is 1. The van der Waals surface area contributed by atoms with Crippen molar-refractivity contribution in [2.45, 2.75) is 62.3 Å². The highest BCUT2D eigenvalue weighted by atomic mass is 32.2. The van der Waals surface area contributed by atoms with Gasteiger partial charge in [-0.05, 0) is 38.7 Å². The van der Waals surface area contributed by atoms with Crippen LogP contribution < -0.4 is 9.62 Å². The van der Waals surface area contributed by atoms with Gasteiger partial charge in [0, 0.05) is 43.8 Å². The zero-order valence-electron chi connectivity index (χ0n) is 21.6. The van der Waals surface area contributed by atoms with Gasteiger partial charge in [0.05, 0.1) is 23.5 Å². The molecule has 1 aliphatic heterocycles. The molecule has 2 saturated carbocycles. The Hall–Kier alpha value is -3.08. The van der Waals surface area contributed by atoms with Crippen molar-refractivity contribution in [3.8, 4) is 16.9 Å². The van der Waals surface area contributed by atoms with E-state index in [1.165, 1.54) is 11.3 Å². The molecule has 13 heteroatoms. The van der Waals surface area contributed by atoms with E-state index in [4.69, 9.17) is 0 Å². The number of carbonyl (C=O) groups is 1. The summed E-state index contributed by atoms with van der Waals surface area (Å²) in [6.07, 6.45) is 6.45. The van der Waals surface area contributed by atoms with Crippen LogP contribution in [0.25, 0.3) is 16.3 Å². The minimum Gasteiger partial charge on any atom is -0.366 e. The number of nitrogens with zero attached hydrogens (tertiary/aromatic N) is 7. The second kappa shape index (κ2) is 8.72. The maximum atomic E-state index is 13.5. The molecular weight excluding hydrogens is 524 g/mol. The number of hydrogen-bond acceptors (Lipinski definition) is 9. The second-order valence-corrected chi connectivity index (χ2v) is 13.8. The standard InChI is InChI=1S/C25H30N8O3S2/c1-16(2)22(34)32-10-8-31(9-11-32)18-12-17(38(35,36)30-24(3)4-5-24)14-33-19(18)13-27-20(33)21-28-29-23(37-21)25(15-26)6-7-25/h12-14,16,30H,4-11H2,1-3H3. The molecule has 3 aromatic rings. The Labute approximate surface area is 225 Å². The number of hydrogen-bond donors (Lipinski definition) is 1. The Kier molecular flexibility index (Phi) is 5.79. The molecule has 3 fully saturated rings. The molecule has 0 spiro atoms. The summed E-state index contributed by atoms with van der Waals surface area (Å²) in [4.78, 5) is 21.3. The van der Waals surface area contributed by atoms with Crippen molar-refractivity contribution in [2.24, 2.45) is 5.92 Å². The van der Waals surface area contributed by atoms with Gasteiger partial charge >= 0.3 is 0 Å². The maximum Gasteiger partial charge on any atom is 0.242 e. The van der Waals surface area contributed by atoms with Crippen LogP contribution in [0.1, 0.15) is 51.5 Å². The Bertz CT molecular complexity index is 1570. The summed E-state index contributed by atoms with van der Waals surface area (Å²) in [7, 11) is -3.80. The molecule has 200 valence electrons. The molecule has 0 unspecified atom stereocenters. The summed E-state index contributed by atoms with van der Waals surface area (Å²) >= 11 is 1.33. The van der Waals surface area contributed by atoms with Crippen LogP contribution in [0.4, 0.5) is 5.69 Å². The summed E-state index contributed by atoms with van der Waals surface area (Å²) in [6, 6.07) is 4.05. The normalized spacial score (nSPS) is 20.1. The number of fused-ring (bicyclic) bond motifs is 1. The molecule has 0 aromatic carbocycles. The second-order valence-electron chi connectivity index (χ2n) is 11.1. The van der Waals surface area contributed by atoms with Gasteiger partial charge in [-0.3, -0.25) is 9.20 Å². The number of carbonyl (C=O) groups excluding carboxylic acids is 1. The first-order valence-electron chi connectivity index (χ1n) is 12.9. The highest BCUT2D eigenvalue weighted by molar-refractivity contribution is 7.89.